The minimum atomic E-state index is -0.0234. The molecule has 0 saturated heterocycles. The second-order valence-corrected chi connectivity index (χ2v) is 6.86. The Labute approximate surface area is 108 Å². The Kier molecular flexibility index (Phi) is 4.23. The summed E-state index contributed by atoms with van der Waals surface area (Å²) in [6.07, 6.45) is 4.68. The Hall–Kier alpha value is -0.380. The fraction of sp³-hybridized carbons (Fsp3) is 0.714. The summed E-state index contributed by atoms with van der Waals surface area (Å²) in [5, 5.41) is 13.2. The summed E-state index contributed by atoms with van der Waals surface area (Å²) in [6.45, 7) is 5.61. The van der Waals surface area contributed by atoms with Gasteiger partial charge in [0.15, 0.2) is 0 Å². The van der Waals surface area contributed by atoms with Crippen molar-refractivity contribution in [2.24, 2.45) is 5.92 Å². The Bertz CT molecular complexity index is 353. The van der Waals surface area contributed by atoms with Crippen LogP contribution in [-0.2, 0) is 6.54 Å². The molecule has 0 spiro atoms. The topological polar surface area (TPSA) is 32.3 Å². The maximum Gasteiger partial charge on any atom is 0.0613 e. The van der Waals surface area contributed by atoms with E-state index >= 15 is 0 Å². The van der Waals surface area contributed by atoms with Gasteiger partial charge < -0.3 is 10.4 Å². The highest BCUT2D eigenvalue weighted by molar-refractivity contribution is 7.11. The molecule has 2 nitrogen and oxygen atoms in total. The summed E-state index contributed by atoms with van der Waals surface area (Å²) in [5.41, 5.74) is -0.0234. The molecule has 2 N–H and O–H groups in total. The molecule has 1 saturated carbocycles. The van der Waals surface area contributed by atoms with Gasteiger partial charge in [-0.15, -0.1) is 11.3 Å². The zero-order chi connectivity index (χ0) is 12.3. The zero-order valence-corrected chi connectivity index (χ0v) is 11.6. The van der Waals surface area contributed by atoms with Gasteiger partial charge in [-0.05, 0) is 50.7 Å². The lowest BCUT2D eigenvalue weighted by Gasteiger charge is -2.39. The average molecular weight is 253 g/mol. The van der Waals surface area contributed by atoms with Gasteiger partial charge in [-0.2, -0.15) is 0 Å². The highest BCUT2D eigenvalue weighted by atomic mass is 32.1. The van der Waals surface area contributed by atoms with Crippen molar-refractivity contribution in [3.63, 3.8) is 0 Å². The average Bonchev–Trinajstić information content (AvgIpc) is 2.75. The van der Waals surface area contributed by atoms with Gasteiger partial charge in [0.25, 0.3) is 0 Å². The standard InChI is InChI=1S/C14H23NOS/c1-11-5-7-14(10-16,8-6-11)15-9-13-4-3-12(2)17-13/h3-4,11,15-16H,5-10H2,1-2H3. The highest BCUT2D eigenvalue weighted by Gasteiger charge is 2.32. The first-order chi connectivity index (χ1) is 8.13. The van der Waals surface area contributed by atoms with Crippen LogP contribution in [0.25, 0.3) is 0 Å². The van der Waals surface area contributed by atoms with Crippen molar-refractivity contribution in [3.8, 4) is 0 Å². The van der Waals surface area contributed by atoms with E-state index in [4.69, 9.17) is 0 Å². The van der Waals surface area contributed by atoms with Crippen LogP contribution in [0.2, 0.25) is 0 Å². The lowest BCUT2D eigenvalue weighted by atomic mass is 9.77. The van der Waals surface area contributed by atoms with E-state index in [-0.39, 0.29) is 12.1 Å². The number of aliphatic hydroxyl groups is 1. The molecule has 1 heterocycles. The molecule has 0 atom stereocenters. The van der Waals surface area contributed by atoms with E-state index in [1.807, 2.05) is 11.3 Å². The molecular weight excluding hydrogens is 230 g/mol. The Balaban J connectivity index is 1.91. The molecule has 0 amide bonds. The fourth-order valence-corrected chi connectivity index (χ4v) is 3.39. The van der Waals surface area contributed by atoms with E-state index < -0.39 is 0 Å². The first-order valence-corrected chi connectivity index (χ1v) is 7.36. The predicted molar refractivity (Wildman–Crippen MR) is 73.3 cm³/mol. The monoisotopic (exact) mass is 253 g/mol. The van der Waals surface area contributed by atoms with Crippen molar-refractivity contribution >= 4 is 11.3 Å². The van der Waals surface area contributed by atoms with E-state index in [1.54, 1.807) is 0 Å². The number of hydrogen-bond donors (Lipinski definition) is 2. The van der Waals surface area contributed by atoms with Gasteiger partial charge in [0, 0.05) is 21.8 Å². The molecule has 0 aliphatic heterocycles. The second-order valence-electron chi connectivity index (χ2n) is 5.49. The first-order valence-electron chi connectivity index (χ1n) is 6.55. The molecule has 1 aromatic heterocycles. The Morgan fingerprint density at radius 2 is 2.12 bits per heavy atom. The molecule has 2 rings (SSSR count). The minimum absolute atomic E-state index is 0.0234. The van der Waals surface area contributed by atoms with Crippen LogP contribution in [0.15, 0.2) is 12.1 Å². The molecule has 1 aliphatic rings. The van der Waals surface area contributed by atoms with Gasteiger partial charge in [0.1, 0.15) is 0 Å². The molecule has 1 fully saturated rings. The van der Waals surface area contributed by atoms with E-state index in [0.717, 1.165) is 25.3 Å². The minimum Gasteiger partial charge on any atom is -0.394 e. The van der Waals surface area contributed by atoms with Gasteiger partial charge in [0.2, 0.25) is 0 Å². The lowest BCUT2D eigenvalue weighted by Crippen LogP contribution is -2.50. The normalized spacial score (nSPS) is 29.5. The summed E-state index contributed by atoms with van der Waals surface area (Å²) >= 11 is 1.84. The van der Waals surface area contributed by atoms with Crippen LogP contribution in [-0.4, -0.2) is 17.3 Å². The Morgan fingerprint density at radius 3 is 2.65 bits per heavy atom. The van der Waals surface area contributed by atoms with Crippen molar-refractivity contribution in [3.05, 3.63) is 21.9 Å². The van der Waals surface area contributed by atoms with Crippen LogP contribution in [0, 0.1) is 12.8 Å². The SMILES string of the molecule is Cc1ccc(CNC2(CO)CCC(C)CC2)s1. The molecule has 17 heavy (non-hydrogen) atoms. The third kappa shape index (κ3) is 3.30. The third-order valence-corrected chi connectivity index (χ3v) is 4.97. The van der Waals surface area contributed by atoms with Gasteiger partial charge in [0.05, 0.1) is 6.61 Å². The van der Waals surface area contributed by atoms with E-state index in [0.29, 0.717) is 0 Å². The molecule has 0 unspecified atom stereocenters. The van der Waals surface area contributed by atoms with Crippen LogP contribution in [0.3, 0.4) is 0 Å². The van der Waals surface area contributed by atoms with Gasteiger partial charge >= 0.3 is 0 Å². The smallest absolute Gasteiger partial charge is 0.0613 e. The summed E-state index contributed by atoms with van der Waals surface area (Å²) in [6, 6.07) is 4.35. The van der Waals surface area contributed by atoms with Crippen molar-refractivity contribution < 1.29 is 5.11 Å². The second kappa shape index (κ2) is 5.51. The van der Waals surface area contributed by atoms with Crippen LogP contribution < -0.4 is 5.32 Å². The Morgan fingerprint density at radius 1 is 1.41 bits per heavy atom. The summed E-state index contributed by atoms with van der Waals surface area (Å²) in [5.74, 6) is 0.820. The van der Waals surface area contributed by atoms with E-state index in [9.17, 15) is 5.11 Å². The fourth-order valence-electron chi connectivity index (χ4n) is 2.56. The summed E-state index contributed by atoms with van der Waals surface area (Å²) in [4.78, 5) is 2.73. The number of aliphatic hydroxyl groups excluding tert-OH is 1. The van der Waals surface area contributed by atoms with Crippen molar-refractivity contribution in [2.45, 2.75) is 51.6 Å². The molecule has 0 bridgehead atoms. The lowest BCUT2D eigenvalue weighted by molar-refractivity contribution is 0.104. The zero-order valence-electron chi connectivity index (χ0n) is 10.8. The molecule has 1 aromatic rings. The predicted octanol–water partition coefficient (Wildman–Crippen LogP) is 3.09. The molecule has 3 heteroatoms. The number of nitrogens with one attached hydrogen (secondary N) is 1. The number of thiophene rings is 1. The first kappa shape index (κ1) is 13.1. The van der Waals surface area contributed by atoms with Crippen molar-refractivity contribution in [1.82, 2.24) is 5.32 Å². The number of aryl methyl sites for hydroxylation is 1. The molecule has 1 aliphatic carbocycles. The maximum absolute atomic E-state index is 9.65. The third-order valence-electron chi connectivity index (χ3n) is 3.97. The number of rotatable bonds is 4. The largest absolute Gasteiger partial charge is 0.394 e. The molecular formula is C14H23NOS. The van der Waals surface area contributed by atoms with Gasteiger partial charge in [-0.25, -0.2) is 0 Å². The quantitative estimate of drug-likeness (QED) is 0.864. The molecule has 96 valence electrons. The van der Waals surface area contributed by atoms with Crippen LogP contribution in [0.5, 0.6) is 0 Å². The van der Waals surface area contributed by atoms with Gasteiger partial charge in [-0.1, -0.05) is 6.92 Å². The summed E-state index contributed by atoms with van der Waals surface area (Å²) in [7, 11) is 0. The summed E-state index contributed by atoms with van der Waals surface area (Å²) < 4.78 is 0. The van der Waals surface area contributed by atoms with Gasteiger partial charge in [-0.3, -0.25) is 0 Å². The van der Waals surface area contributed by atoms with Crippen molar-refractivity contribution in [2.75, 3.05) is 6.61 Å². The van der Waals surface area contributed by atoms with Crippen LogP contribution in [0.4, 0.5) is 0 Å². The van der Waals surface area contributed by atoms with Crippen LogP contribution in [0.1, 0.15) is 42.4 Å². The van der Waals surface area contributed by atoms with Crippen LogP contribution >= 0.6 is 11.3 Å². The highest BCUT2D eigenvalue weighted by Crippen LogP contribution is 2.32. The maximum atomic E-state index is 9.65. The molecule has 0 radical (unpaired) electrons. The number of hydrogen-bond acceptors (Lipinski definition) is 3. The van der Waals surface area contributed by atoms with E-state index in [2.05, 4.69) is 31.3 Å². The van der Waals surface area contributed by atoms with Crippen molar-refractivity contribution in [1.29, 1.82) is 0 Å². The van der Waals surface area contributed by atoms with E-state index in [1.165, 1.54) is 22.6 Å². The molecule has 0 aromatic carbocycles.